The Morgan fingerprint density at radius 1 is 1.40 bits per heavy atom. The summed E-state index contributed by atoms with van der Waals surface area (Å²) in [6.45, 7) is 7.17. The number of rotatable bonds is 5. The molecule has 10 heavy (non-hydrogen) atoms. The van der Waals surface area contributed by atoms with Crippen LogP contribution in [0.4, 0.5) is 0 Å². The molecule has 0 saturated heterocycles. The normalized spacial score (nSPS) is 14.1. The largest absolute Gasteiger partial charge is 0.390 e. The van der Waals surface area contributed by atoms with Crippen LogP contribution in [0.15, 0.2) is 0 Å². The molecule has 0 aliphatic rings. The minimum Gasteiger partial charge on any atom is -0.390 e. The average Bonchev–Trinajstić information content (AvgIpc) is 1.99. The van der Waals surface area contributed by atoms with Crippen LogP contribution in [0.1, 0.15) is 13.8 Å². The summed E-state index contributed by atoms with van der Waals surface area (Å²) in [5.74, 6) is 0. The van der Waals surface area contributed by atoms with Gasteiger partial charge in [0, 0.05) is 13.1 Å². The molecule has 62 valence electrons. The first-order chi connectivity index (χ1) is 4.74. The van der Waals surface area contributed by atoms with Crippen LogP contribution < -0.4 is 5.73 Å². The number of nitrogens with two attached hydrogens (primary N) is 1. The smallest absolute Gasteiger partial charge is 0.0789 e. The van der Waals surface area contributed by atoms with Crippen molar-refractivity contribution in [3.8, 4) is 0 Å². The van der Waals surface area contributed by atoms with E-state index in [2.05, 4.69) is 18.7 Å². The predicted octanol–water partition coefficient (Wildman–Crippen LogP) is -0.352. The van der Waals surface area contributed by atoms with Gasteiger partial charge in [0.2, 0.25) is 0 Å². The van der Waals surface area contributed by atoms with Gasteiger partial charge in [-0.05, 0) is 13.1 Å². The molecule has 0 aliphatic carbocycles. The van der Waals surface area contributed by atoms with Crippen molar-refractivity contribution in [1.82, 2.24) is 4.90 Å². The van der Waals surface area contributed by atoms with Crippen molar-refractivity contribution in [3.63, 3.8) is 0 Å². The first kappa shape index (κ1) is 9.88. The molecule has 3 nitrogen and oxygen atoms in total. The molecular formula is C7H18N2O. The highest BCUT2D eigenvalue weighted by Crippen LogP contribution is 1.89. The van der Waals surface area contributed by atoms with Crippen LogP contribution in [0.3, 0.4) is 0 Å². The number of nitrogens with zero attached hydrogens (tertiary/aromatic N) is 1. The quantitative estimate of drug-likeness (QED) is 0.557. The summed E-state index contributed by atoms with van der Waals surface area (Å²) in [5.41, 5.74) is 5.25. The van der Waals surface area contributed by atoms with Gasteiger partial charge >= 0.3 is 0 Å². The Bertz CT molecular complexity index is 74.0. The summed E-state index contributed by atoms with van der Waals surface area (Å²) in [4.78, 5) is 2.15. The lowest BCUT2D eigenvalue weighted by Gasteiger charge is -2.20. The molecule has 0 radical (unpaired) electrons. The maximum Gasteiger partial charge on any atom is 0.0789 e. The number of aliphatic hydroxyl groups excluding tert-OH is 1. The van der Waals surface area contributed by atoms with E-state index >= 15 is 0 Å². The fraction of sp³-hybridized carbons (Fsp3) is 1.00. The van der Waals surface area contributed by atoms with Crippen molar-refractivity contribution in [2.75, 3.05) is 26.2 Å². The molecule has 0 aromatic carbocycles. The second-order valence-electron chi connectivity index (χ2n) is 2.38. The van der Waals surface area contributed by atoms with E-state index in [4.69, 9.17) is 10.8 Å². The maximum absolute atomic E-state index is 9.12. The molecular weight excluding hydrogens is 128 g/mol. The standard InChI is InChI=1S/C7H18N2O/c1-3-9(4-2)6-7(10)5-8/h7,10H,3-6,8H2,1-2H3/t7-/m0/s1. The monoisotopic (exact) mass is 146 g/mol. The highest BCUT2D eigenvalue weighted by molar-refractivity contribution is 4.61. The molecule has 1 atom stereocenters. The van der Waals surface area contributed by atoms with E-state index in [1.165, 1.54) is 0 Å². The van der Waals surface area contributed by atoms with Gasteiger partial charge in [0.25, 0.3) is 0 Å². The maximum atomic E-state index is 9.12. The second kappa shape index (κ2) is 5.65. The Balaban J connectivity index is 3.41. The van der Waals surface area contributed by atoms with Gasteiger partial charge < -0.3 is 15.7 Å². The van der Waals surface area contributed by atoms with Crippen molar-refractivity contribution >= 4 is 0 Å². The van der Waals surface area contributed by atoms with E-state index in [-0.39, 0.29) is 6.10 Å². The summed E-state index contributed by atoms with van der Waals surface area (Å²) < 4.78 is 0. The van der Waals surface area contributed by atoms with Crippen LogP contribution in [-0.2, 0) is 0 Å². The fourth-order valence-electron chi connectivity index (χ4n) is 0.854. The van der Waals surface area contributed by atoms with Crippen LogP contribution in [0.25, 0.3) is 0 Å². The number of hydrogen-bond acceptors (Lipinski definition) is 3. The SMILES string of the molecule is CCN(CC)C[C@@H](O)CN. The molecule has 3 N–H and O–H groups in total. The molecule has 0 aliphatic heterocycles. The second-order valence-corrected chi connectivity index (χ2v) is 2.38. The Hall–Kier alpha value is -0.120. The highest BCUT2D eigenvalue weighted by atomic mass is 16.3. The molecule has 0 amide bonds. The third-order valence-corrected chi connectivity index (χ3v) is 1.64. The van der Waals surface area contributed by atoms with Gasteiger partial charge in [0.1, 0.15) is 0 Å². The zero-order valence-electron chi connectivity index (χ0n) is 6.88. The van der Waals surface area contributed by atoms with E-state index in [0.717, 1.165) is 13.1 Å². The third-order valence-electron chi connectivity index (χ3n) is 1.64. The van der Waals surface area contributed by atoms with Gasteiger partial charge in [-0.2, -0.15) is 0 Å². The van der Waals surface area contributed by atoms with Crippen LogP contribution in [-0.4, -0.2) is 42.3 Å². The van der Waals surface area contributed by atoms with Gasteiger partial charge in [-0.15, -0.1) is 0 Å². The van der Waals surface area contributed by atoms with Gasteiger partial charge in [-0.25, -0.2) is 0 Å². The van der Waals surface area contributed by atoms with Crippen LogP contribution >= 0.6 is 0 Å². The van der Waals surface area contributed by atoms with Crippen molar-refractivity contribution in [2.24, 2.45) is 5.73 Å². The number of hydrogen-bond donors (Lipinski definition) is 2. The van der Waals surface area contributed by atoms with Crippen LogP contribution in [0.5, 0.6) is 0 Å². The third kappa shape index (κ3) is 3.82. The molecule has 0 unspecified atom stereocenters. The van der Waals surface area contributed by atoms with Crippen molar-refractivity contribution in [1.29, 1.82) is 0 Å². The Labute approximate surface area is 62.8 Å². The Morgan fingerprint density at radius 3 is 2.20 bits per heavy atom. The van der Waals surface area contributed by atoms with Crippen LogP contribution in [0.2, 0.25) is 0 Å². The summed E-state index contributed by atoms with van der Waals surface area (Å²) in [6.07, 6.45) is -0.361. The first-order valence-corrected chi connectivity index (χ1v) is 3.85. The zero-order valence-corrected chi connectivity index (χ0v) is 6.88. The molecule has 0 spiro atoms. The van der Waals surface area contributed by atoms with Gasteiger partial charge in [0.05, 0.1) is 6.10 Å². The minimum absolute atomic E-state index is 0.358. The summed E-state index contributed by atoms with van der Waals surface area (Å²) in [7, 11) is 0. The molecule has 0 saturated carbocycles. The Kier molecular flexibility index (Phi) is 5.58. The van der Waals surface area contributed by atoms with E-state index in [9.17, 15) is 0 Å². The van der Waals surface area contributed by atoms with Gasteiger partial charge in [-0.1, -0.05) is 13.8 Å². The predicted molar refractivity (Wildman–Crippen MR) is 42.8 cm³/mol. The van der Waals surface area contributed by atoms with E-state index < -0.39 is 0 Å². The van der Waals surface area contributed by atoms with Crippen LogP contribution in [0, 0.1) is 0 Å². The van der Waals surface area contributed by atoms with Crippen molar-refractivity contribution < 1.29 is 5.11 Å². The molecule has 0 bridgehead atoms. The minimum atomic E-state index is -0.361. The first-order valence-electron chi connectivity index (χ1n) is 3.85. The van der Waals surface area contributed by atoms with Gasteiger partial charge in [0.15, 0.2) is 0 Å². The highest BCUT2D eigenvalue weighted by Gasteiger charge is 2.05. The zero-order chi connectivity index (χ0) is 7.98. The lowest BCUT2D eigenvalue weighted by atomic mass is 10.3. The number of likely N-dealkylation sites (N-methyl/N-ethyl adjacent to an activating group) is 1. The molecule has 0 aromatic heterocycles. The Morgan fingerprint density at radius 2 is 1.90 bits per heavy atom. The van der Waals surface area contributed by atoms with E-state index in [0.29, 0.717) is 13.1 Å². The summed E-state index contributed by atoms with van der Waals surface area (Å²) in [5, 5.41) is 9.12. The van der Waals surface area contributed by atoms with Crippen molar-refractivity contribution in [3.05, 3.63) is 0 Å². The van der Waals surface area contributed by atoms with E-state index in [1.54, 1.807) is 0 Å². The molecule has 0 fully saturated rings. The summed E-state index contributed by atoms with van der Waals surface area (Å²) >= 11 is 0. The molecule has 0 heterocycles. The average molecular weight is 146 g/mol. The number of aliphatic hydroxyl groups is 1. The molecule has 3 heteroatoms. The van der Waals surface area contributed by atoms with Crippen molar-refractivity contribution in [2.45, 2.75) is 20.0 Å². The molecule has 0 aromatic rings. The van der Waals surface area contributed by atoms with E-state index in [1.807, 2.05) is 0 Å². The fourth-order valence-corrected chi connectivity index (χ4v) is 0.854. The lowest BCUT2D eigenvalue weighted by Crippen LogP contribution is -2.36. The summed E-state index contributed by atoms with van der Waals surface area (Å²) in [6, 6.07) is 0. The van der Waals surface area contributed by atoms with Gasteiger partial charge in [-0.3, -0.25) is 0 Å². The molecule has 0 rings (SSSR count). The lowest BCUT2D eigenvalue weighted by molar-refractivity contribution is 0.124. The topological polar surface area (TPSA) is 49.5 Å².